The van der Waals surface area contributed by atoms with Gasteiger partial charge in [-0.05, 0) is 50.2 Å². The number of aryl methyl sites for hydroxylation is 1. The smallest absolute Gasteiger partial charge is 0.269 e. The molecule has 0 aliphatic heterocycles. The molecule has 10 heteroatoms. The van der Waals surface area contributed by atoms with Crippen molar-refractivity contribution >= 4 is 33.0 Å². The lowest BCUT2D eigenvalue weighted by Gasteiger charge is -2.19. The van der Waals surface area contributed by atoms with Crippen LogP contribution in [0.1, 0.15) is 28.4 Å². The van der Waals surface area contributed by atoms with E-state index in [1.807, 2.05) is 6.92 Å². The van der Waals surface area contributed by atoms with Gasteiger partial charge in [-0.1, -0.05) is 29.8 Å². The zero-order valence-electron chi connectivity index (χ0n) is 18.2. The molecule has 0 atom stereocenters. The quantitative estimate of drug-likeness (QED) is 0.322. The number of hydrogen-bond donors (Lipinski definition) is 1. The van der Waals surface area contributed by atoms with Gasteiger partial charge in [0.05, 0.1) is 21.2 Å². The van der Waals surface area contributed by atoms with E-state index in [9.17, 15) is 23.3 Å². The third kappa shape index (κ3) is 5.42. The Balaban J connectivity index is 1.72. The van der Waals surface area contributed by atoms with Gasteiger partial charge in [-0.3, -0.25) is 19.2 Å². The molecule has 170 valence electrons. The van der Waals surface area contributed by atoms with Crippen LogP contribution in [-0.4, -0.2) is 32.0 Å². The number of nitrogens with one attached hydrogen (secondary N) is 1. The highest BCUT2D eigenvalue weighted by molar-refractivity contribution is 7.92. The molecule has 1 N–H and O–H groups in total. The maximum Gasteiger partial charge on any atom is 0.271 e. The van der Waals surface area contributed by atoms with Crippen LogP contribution in [0.25, 0.3) is 0 Å². The summed E-state index contributed by atoms with van der Waals surface area (Å²) in [6.07, 6.45) is 0. The number of rotatable bonds is 7. The molecule has 0 saturated heterocycles. The van der Waals surface area contributed by atoms with E-state index in [-0.39, 0.29) is 16.1 Å². The highest BCUT2D eigenvalue weighted by Crippen LogP contribution is 2.23. The van der Waals surface area contributed by atoms with Gasteiger partial charge < -0.3 is 0 Å². The summed E-state index contributed by atoms with van der Waals surface area (Å²) in [4.78, 5) is 23.0. The van der Waals surface area contributed by atoms with Gasteiger partial charge in [0.2, 0.25) is 0 Å². The lowest BCUT2D eigenvalue weighted by Crippen LogP contribution is -2.26. The number of nitrogens with zero attached hydrogens (tertiary/aromatic N) is 3. The van der Waals surface area contributed by atoms with Gasteiger partial charge in [0.15, 0.2) is 0 Å². The van der Waals surface area contributed by atoms with Crippen molar-refractivity contribution in [3.63, 3.8) is 0 Å². The lowest BCUT2D eigenvalue weighted by atomic mass is 10.1. The molecule has 0 saturated carbocycles. The van der Waals surface area contributed by atoms with Crippen molar-refractivity contribution in [2.45, 2.75) is 18.7 Å². The molecule has 0 spiro atoms. The number of benzene rings is 3. The summed E-state index contributed by atoms with van der Waals surface area (Å²) in [7, 11) is -2.30. The van der Waals surface area contributed by atoms with E-state index < -0.39 is 20.9 Å². The van der Waals surface area contributed by atoms with Crippen LogP contribution in [0.3, 0.4) is 0 Å². The molecule has 33 heavy (non-hydrogen) atoms. The van der Waals surface area contributed by atoms with Crippen LogP contribution in [0, 0.1) is 17.0 Å². The average molecular weight is 467 g/mol. The molecular formula is C23H22N4O5S. The molecule has 0 aliphatic rings. The van der Waals surface area contributed by atoms with Crippen molar-refractivity contribution < 1.29 is 18.1 Å². The maximum atomic E-state index is 12.8. The minimum Gasteiger partial charge on any atom is -0.269 e. The van der Waals surface area contributed by atoms with Gasteiger partial charge in [-0.25, -0.2) is 13.8 Å². The molecular weight excluding hydrogens is 444 g/mol. The molecule has 0 aromatic heterocycles. The molecule has 3 rings (SSSR count). The number of hydrazone groups is 1. The fourth-order valence-electron chi connectivity index (χ4n) is 2.94. The van der Waals surface area contributed by atoms with Crippen LogP contribution in [0.5, 0.6) is 0 Å². The van der Waals surface area contributed by atoms with Gasteiger partial charge in [-0.15, -0.1) is 0 Å². The first-order valence-corrected chi connectivity index (χ1v) is 11.3. The van der Waals surface area contributed by atoms with E-state index in [0.29, 0.717) is 17.0 Å². The second kappa shape index (κ2) is 9.61. The number of sulfonamides is 1. The van der Waals surface area contributed by atoms with E-state index in [1.54, 1.807) is 37.3 Å². The number of anilines is 1. The van der Waals surface area contributed by atoms with Crippen LogP contribution < -0.4 is 9.73 Å². The standard InChI is InChI=1S/C23H22N4O5S/c1-16-7-13-22(14-8-16)33(31,32)26(3)20-11-9-18(10-12-20)23(28)25-24-17(2)19-5-4-6-21(15-19)27(29)30/h4-15H,1-3H3,(H,25,28)/b24-17-. The largest absolute Gasteiger partial charge is 0.271 e. The highest BCUT2D eigenvalue weighted by atomic mass is 32.2. The minimum atomic E-state index is -3.74. The SMILES string of the molecule is C/C(=N/NC(=O)c1ccc(N(C)S(=O)(=O)c2ccc(C)cc2)cc1)c1cccc([N+](=O)[O-])c1. The van der Waals surface area contributed by atoms with Gasteiger partial charge >= 0.3 is 0 Å². The van der Waals surface area contributed by atoms with E-state index in [0.717, 1.165) is 9.87 Å². The van der Waals surface area contributed by atoms with Crippen LogP contribution in [0.15, 0.2) is 82.8 Å². The number of carbonyl (C=O) groups is 1. The highest BCUT2D eigenvalue weighted by Gasteiger charge is 2.21. The summed E-state index contributed by atoms with van der Waals surface area (Å²) in [5.74, 6) is -0.504. The van der Waals surface area contributed by atoms with Crippen molar-refractivity contribution in [3.05, 3.63) is 99.6 Å². The van der Waals surface area contributed by atoms with Gasteiger partial charge in [-0.2, -0.15) is 5.10 Å². The van der Waals surface area contributed by atoms with Crippen LogP contribution >= 0.6 is 0 Å². The second-order valence-corrected chi connectivity index (χ2v) is 9.25. The summed E-state index contributed by atoms with van der Waals surface area (Å²) in [5.41, 5.74) is 4.85. The van der Waals surface area contributed by atoms with E-state index in [2.05, 4.69) is 10.5 Å². The number of nitro groups is 1. The molecule has 9 nitrogen and oxygen atoms in total. The molecule has 0 radical (unpaired) electrons. The van der Waals surface area contributed by atoms with Crippen LogP contribution in [0.4, 0.5) is 11.4 Å². The molecule has 3 aromatic rings. The Hall–Kier alpha value is -4.05. The number of hydrogen-bond acceptors (Lipinski definition) is 6. The summed E-state index contributed by atoms with van der Waals surface area (Å²) in [6.45, 7) is 3.49. The third-order valence-corrected chi connectivity index (χ3v) is 6.77. The van der Waals surface area contributed by atoms with Crippen molar-refractivity contribution in [2.75, 3.05) is 11.4 Å². The maximum absolute atomic E-state index is 12.8. The van der Waals surface area contributed by atoms with Gasteiger partial charge in [0.25, 0.3) is 21.6 Å². The number of non-ortho nitro benzene ring substituents is 1. The van der Waals surface area contributed by atoms with Crippen molar-refractivity contribution in [2.24, 2.45) is 5.10 Å². The fourth-order valence-corrected chi connectivity index (χ4v) is 4.13. The summed E-state index contributed by atoms with van der Waals surface area (Å²) >= 11 is 0. The predicted molar refractivity (Wildman–Crippen MR) is 126 cm³/mol. The van der Waals surface area contributed by atoms with Crippen molar-refractivity contribution in [1.82, 2.24) is 5.43 Å². The zero-order valence-corrected chi connectivity index (χ0v) is 19.0. The number of carbonyl (C=O) groups excluding carboxylic acids is 1. The van der Waals surface area contributed by atoms with Crippen molar-refractivity contribution in [1.29, 1.82) is 0 Å². The number of nitro benzene ring substituents is 1. The van der Waals surface area contributed by atoms with E-state index in [1.165, 1.54) is 49.5 Å². The molecule has 0 aliphatic carbocycles. The van der Waals surface area contributed by atoms with E-state index >= 15 is 0 Å². The zero-order chi connectivity index (χ0) is 24.2. The topological polar surface area (TPSA) is 122 Å². The first kappa shape index (κ1) is 23.6. The Kier molecular flexibility index (Phi) is 6.88. The Bertz CT molecular complexity index is 1320. The summed E-state index contributed by atoms with van der Waals surface area (Å²) < 4.78 is 26.8. The first-order chi connectivity index (χ1) is 15.6. The minimum absolute atomic E-state index is 0.0753. The Morgan fingerprint density at radius 2 is 1.64 bits per heavy atom. The molecule has 0 fully saturated rings. The molecule has 0 bridgehead atoms. The van der Waals surface area contributed by atoms with Gasteiger partial charge in [0.1, 0.15) is 0 Å². The van der Waals surface area contributed by atoms with E-state index in [4.69, 9.17) is 0 Å². The molecule has 1 amide bonds. The Morgan fingerprint density at radius 1 is 1.00 bits per heavy atom. The van der Waals surface area contributed by atoms with Crippen LogP contribution in [-0.2, 0) is 10.0 Å². The fraction of sp³-hybridized carbons (Fsp3) is 0.130. The predicted octanol–water partition coefficient (Wildman–Crippen LogP) is 3.88. The Labute approximate surface area is 191 Å². The summed E-state index contributed by atoms with van der Waals surface area (Å²) in [6, 6.07) is 18.5. The molecule has 0 unspecified atom stereocenters. The monoisotopic (exact) mass is 466 g/mol. The van der Waals surface area contributed by atoms with Crippen molar-refractivity contribution in [3.8, 4) is 0 Å². The first-order valence-electron chi connectivity index (χ1n) is 9.85. The second-order valence-electron chi connectivity index (χ2n) is 7.28. The Morgan fingerprint density at radius 3 is 2.24 bits per heavy atom. The number of amides is 1. The van der Waals surface area contributed by atoms with Gasteiger partial charge in [0, 0.05) is 30.3 Å². The molecule has 0 heterocycles. The third-order valence-electron chi connectivity index (χ3n) is 4.97. The van der Waals surface area contributed by atoms with Crippen LogP contribution in [0.2, 0.25) is 0 Å². The normalized spacial score (nSPS) is 11.7. The average Bonchev–Trinajstić information content (AvgIpc) is 2.82. The molecule has 3 aromatic carbocycles. The summed E-state index contributed by atoms with van der Waals surface area (Å²) in [5, 5.41) is 14.9. The lowest BCUT2D eigenvalue weighted by molar-refractivity contribution is -0.384.